The highest BCUT2D eigenvalue weighted by Crippen LogP contribution is 2.26. The van der Waals surface area contributed by atoms with Gasteiger partial charge in [-0.2, -0.15) is 0 Å². The maximum absolute atomic E-state index is 13.1. The summed E-state index contributed by atoms with van der Waals surface area (Å²) in [7, 11) is -2.00. The highest BCUT2D eigenvalue weighted by atomic mass is 32.2. The average Bonchev–Trinajstić information content (AvgIpc) is 3.03. The second-order valence-corrected chi connectivity index (χ2v) is 12.2. The van der Waals surface area contributed by atoms with Gasteiger partial charge in [0.15, 0.2) is 0 Å². The van der Waals surface area contributed by atoms with E-state index in [1.54, 1.807) is 42.5 Å². The summed E-state index contributed by atoms with van der Waals surface area (Å²) in [6.45, 7) is 5.11. The first-order valence-electron chi connectivity index (χ1n) is 14.0. The van der Waals surface area contributed by atoms with Crippen LogP contribution in [0.15, 0.2) is 91.0 Å². The van der Waals surface area contributed by atoms with E-state index in [1.165, 1.54) is 7.05 Å². The topological polar surface area (TPSA) is 117 Å². The van der Waals surface area contributed by atoms with Crippen LogP contribution in [0, 0.1) is 6.92 Å². The second kappa shape index (κ2) is 13.2. The largest absolute Gasteiger partial charge is 0.378 e. The predicted octanol–water partition coefficient (Wildman–Crippen LogP) is 5.05. The number of hydrogen-bond acceptors (Lipinski definition) is 6. The molecule has 0 bridgehead atoms. The maximum Gasteiger partial charge on any atom is 0.255 e. The van der Waals surface area contributed by atoms with E-state index < -0.39 is 10.0 Å². The van der Waals surface area contributed by atoms with Crippen LogP contribution < -0.4 is 20.3 Å². The molecule has 0 unspecified atom stereocenters. The molecular formula is C33H34N4O5S. The molecule has 1 aliphatic heterocycles. The number of morpholine rings is 1. The Kier molecular flexibility index (Phi) is 9.20. The van der Waals surface area contributed by atoms with Crippen molar-refractivity contribution in [3.05, 3.63) is 113 Å². The number of benzene rings is 4. The number of carbonyl (C=O) groups excluding carboxylic acids is 2. The number of sulfonamides is 1. The van der Waals surface area contributed by atoms with E-state index >= 15 is 0 Å². The number of rotatable bonds is 9. The fraction of sp³-hybridized carbons (Fsp3) is 0.212. The smallest absolute Gasteiger partial charge is 0.255 e. The first kappa shape index (κ1) is 30.0. The van der Waals surface area contributed by atoms with Crippen molar-refractivity contribution in [3.8, 4) is 11.1 Å². The summed E-state index contributed by atoms with van der Waals surface area (Å²) in [5.41, 5.74) is 6.79. The molecule has 4 aromatic rings. The summed E-state index contributed by atoms with van der Waals surface area (Å²) in [5.74, 6) is -0.623. The van der Waals surface area contributed by atoms with Gasteiger partial charge < -0.3 is 20.3 Å². The molecule has 1 heterocycles. The highest BCUT2D eigenvalue weighted by molar-refractivity contribution is 7.88. The van der Waals surface area contributed by atoms with E-state index in [-0.39, 0.29) is 17.6 Å². The number of carbonyl (C=O) groups is 2. The van der Waals surface area contributed by atoms with Gasteiger partial charge in [0.25, 0.3) is 11.8 Å². The maximum atomic E-state index is 13.1. The van der Waals surface area contributed by atoms with Gasteiger partial charge in [-0.25, -0.2) is 13.1 Å². The Hall–Kier alpha value is -4.51. The van der Waals surface area contributed by atoms with Gasteiger partial charge in [0.05, 0.1) is 19.0 Å². The Labute approximate surface area is 251 Å². The summed E-state index contributed by atoms with van der Waals surface area (Å²) in [5, 5.41) is 5.82. The van der Waals surface area contributed by atoms with Gasteiger partial charge in [-0.15, -0.1) is 0 Å². The van der Waals surface area contributed by atoms with Gasteiger partial charge in [0.2, 0.25) is 10.0 Å². The second-order valence-electron chi connectivity index (χ2n) is 10.3. The molecule has 1 fully saturated rings. The quantitative estimate of drug-likeness (QED) is 0.248. The Balaban J connectivity index is 1.23. The number of nitrogens with zero attached hydrogens (tertiary/aromatic N) is 1. The van der Waals surface area contributed by atoms with Crippen LogP contribution in [0.2, 0.25) is 0 Å². The van der Waals surface area contributed by atoms with Crippen molar-refractivity contribution in [1.82, 2.24) is 4.72 Å². The highest BCUT2D eigenvalue weighted by Gasteiger charge is 2.14. The fourth-order valence-electron chi connectivity index (χ4n) is 4.83. The molecular weight excluding hydrogens is 564 g/mol. The van der Waals surface area contributed by atoms with Crippen LogP contribution in [0.1, 0.15) is 31.8 Å². The van der Waals surface area contributed by atoms with E-state index in [2.05, 4.69) is 20.3 Å². The van der Waals surface area contributed by atoms with Crippen LogP contribution in [0.4, 0.5) is 17.1 Å². The van der Waals surface area contributed by atoms with Gasteiger partial charge in [-0.1, -0.05) is 30.3 Å². The molecule has 1 saturated heterocycles. The van der Waals surface area contributed by atoms with E-state index in [4.69, 9.17) is 4.74 Å². The number of aryl methyl sites for hydroxylation is 1. The Morgan fingerprint density at radius 1 is 0.767 bits per heavy atom. The molecule has 0 saturated carbocycles. The molecule has 9 nitrogen and oxygen atoms in total. The SMILES string of the molecule is CNS(=O)(=O)Cc1ccc(NC(=O)c2ccc(-c3cc(C(=O)Nc4ccc(N5CCOCC5)cc4)ccc3C)cc2)cc1. The molecule has 0 aliphatic carbocycles. The van der Waals surface area contributed by atoms with E-state index in [1.807, 2.05) is 55.5 Å². The molecule has 1 aliphatic rings. The minimum atomic E-state index is -3.37. The Bertz CT molecular complexity index is 1700. The third kappa shape index (κ3) is 7.66. The molecule has 43 heavy (non-hydrogen) atoms. The Morgan fingerprint density at radius 2 is 1.33 bits per heavy atom. The van der Waals surface area contributed by atoms with Crippen molar-refractivity contribution >= 4 is 38.9 Å². The first-order valence-corrected chi connectivity index (χ1v) is 15.6. The number of anilines is 3. The normalized spacial score (nSPS) is 13.4. The van der Waals surface area contributed by atoms with Crippen LogP contribution in [-0.2, 0) is 20.5 Å². The molecule has 10 heteroatoms. The van der Waals surface area contributed by atoms with Gasteiger partial charge in [0.1, 0.15) is 0 Å². The van der Waals surface area contributed by atoms with Crippen LogP contribution in [-0.4, -0.2) is 53.6 Å². The van der Waals surface area contributed by atoms with Gasteiger partial charge >= 0.3 is 0 Å². The van der Waals surface area contributed by atoms with Crippen LogP contribution >= 0.6 is 0 Å². The standard InChI is InChI=1S/C33H34N4O5S/c1-23-3-6-27(33(39)36-29-13-15-30(16-14-29)37-17-19-42-20-18-37)21-31(23)25-7-9-26(10-8-25)32(38)35-28-11-4-24(5-12-28)22-43(40,41)34-2/h3-16,21,34H,17-20,22H2,1-2H3,(H,35,38)(H,36,39). The van der Waals surface area contributed by atoms with E-state index in [9.17, 15) is 18.0 Å². The lowest BCUT2D eigenvalue weighted by Gasteiger charge is -2.28. The number of amides is 2. The van der Waals surface area contributed by atoms with Crippen LogP contribution in [0.25, 0.3) is 11.1 Å². The molecule has 0 spiro atoms. The van der Waals surface area contributed by atoms with Gasteiger partial charge in [-0.05, 0) is 96.9 Å². The van der Waals surface area contributed by atoms with Crippen molar-refractivity contribution in [3.63, 3.8) is 0 Å². The van der Waals surface area contributed by atoms with Crippen molar-refractivity contribution < 1.29 is 22.7 Å². The van der Waals surface area contributed by atoms with Crippen molar-refractivity contribution in [2.75, 3.05) is 48.9 Å². The third-order valence-electron chi connectivity index (χ3n) is 7.34. The molecule has 5 rings (SSSR count). The summed E-state index contributed by atoms with van der Waals surface area (Å²) >= 11 is 0. The van der Waals surface area contributed by atoms with E-state index in [0.717, 1.165) is 41.2 Å². The summed E-state index contributed by atoms with van der Waals surface area (Å²) in [6, 6.07) is 27.3. The lowest BCUT2D eigenvalue weighted by Crippen LogP contribution is -2.36. The minimum absolute atomic E-state index is 0.135. The zero-order chi connectivity index (χ0) is 30.4. The fourth-order valence-corrected chi connectivity index (χ4v) is 5.61. The lowest BCUT2D eigenvalue weighted by atomic mass is 9.97. The first-order chi connectivity index (χ1) is 20.7. The zero-order valence-corrected chi connectivity index (χ0v) is 24.9. The van der Waals surface area contributed by atoms with Crippen LogP contribution in [0.5, 0.6) is 0 Å². The molecule has 0 aromatic heterocycles. The summed E-state index contributed by atoms with van der Waals surface area (Å²) in [4.78, 5) is 28.2. The van der Waals surface area contributed by atoms with Crippen molar-refractivity contribution in [1.29, 1.82) is 0 Å². The van der Waals surface area contributed by atoms with Gasteiger partial charge in [-0.3, -0.25) is 9.59 Å². The van der Waals surface area contributed by atoms with E-state index in [0.29, 0.717) is 35.6 Å². The summed E-state index contributed by atoms with van der Waals surface area (Å²) < 4.78 is 31.2. The number of nitrogens with one attached hydrogen (secondary N) is 3. The predicted molar refractivity (Wildman–Crippen MR) is 170 cm³/mol. The average molecular weight is 599 g/mol. The molecule has 0 radical (unpaired) electrons. The monoisotopic (exact) mass is 598 g/mol. The zero-order valence-electron chi connectivity index (χ0n) is 24.1. The molecule has 222 valence electrons. The third-order valence-corrected chi connectivity index (χ3v) is 8.67. The number of ether oxygens (including phenoxy) is 1. The molecule has 0 atom stereocenters. The van der Waals surface area contributed by atoms with Gasteiger partial charge in [0, 0.05) is 41.3 Å². The lowest BCUT2D eigenvalue weighted by molar-refractivity contribution is 0.101. The number of hydrogen-bond donors (Lipinski definition) is 3. The summed E-state index contributed by atoms with van der Waals surface area (Å²) in [6.07, 6.45) is 0. The molecule has 4 aromatic carbocycles. The minimum Gasteiger partial charge on any atom is -0.378 e. The van der Waals surface area contributed by atoms with Crippen molar-refractivity contribution in [2.24, 2.45) is 0 Å². The Morgan fingerprint density at radius 3 is 1.93 bits per heavy atom. The van der Waals surface area contributed by atoms with Crippen molar-refractivity contribution in [2.45, 2.75) is 12.7 Å². The molecule has 2 amide bonds. The molecule has 3 N–H and O–H groups in total. The van der Waals surface area contributed by atoms with Crippen LogP contribution in [0.3, 0.4) is 0 Å².